The van der Waals surface area contributed by atoms with Crippen molar-refractivity contribution < 1.29 is 102 Å². The second-order valence-corrected chi connectivity index (χ2v) is 28.3. The number of nitriles is 5. The molecular weight excluding hydrogens is 1360 g/mol. The molecular formula is C64H81N8O22P3S. The van der Waals surface area contributed by atoms with Gasteiger partial charge in [0.15, 0.2) is 18.3 Å². The highest BCUT2D eigenvalue weighted by Crippen LogP contribution is 2.60. The van der Waals surface area contributed by atoms with Gasteiger partial charge in [-0.15, -0.1) is 0 Å². The van der Waals surface area contributed by atoms with E-state index in [1.165, 1.54) is 0 Å². The van der Waals surface area contributed by atoms with Gasteiger partial charge in [-0.05, 0) is 66.6 Å². The number of nitrogens with one attached hydrogen (secondary N) is 2. The van der Waals surface area contributed by atoms with Gasteiger partial charge in [0, 0.05) is 44.7 Å². The Morgan fingerprint density at radius 1 is 0.531 bits per heavy atom. The molecule has 0 spiro atoms. The third-order valence-corrected chi connectivity index (χ3v) is 21.4. The van der Waals surface area contributed by atoms with Crippen molar-refractivity contribution in [1.29, 1.82) is 26.3 Å². The first kappa shape index (κ1) is 79.5. The molecule has 10 atom stereocenters. The number of amides is 3. The van der Waals surface area contributed by atoms with Crippen LogP contribution in [0, 0.1) is 56.7 Å². The number of thioether (sulfide) groups is 1. The molecule has 6 rings (SSSR count). The van der Waals surface area contributed by atoms with Crippen LogP contribution in [-0.4, -0.2) is 155 Å². The number of hydrogen-bond acceptors (Lipinski definition) is 28. The summed E-state index contributed by atoms with van der Waals surface area (Å²) in [6.07, 6.45) is -11.8. The Morgan fingerprint density at radius 3 is 1.33 bits per heavy atom. The Labute approximate surface area is 573 Å². The number of hydrogen-bond donors (Lipinski definition) is 2. The molecule has 3 fully saturated rings. The van der Waals surface area contributed by atoms with Gasteiger partial charge < -0.3 is 39.2 Å². The first-order valence-electron chi connectivity index (χ1n) is 31.6. The lowest BCUT2D eigenvalue weighted by Crippen LogP contribution is -2.67. The van der Waals surface area contributed by atoms with Gasteiger partial charge in [-0.25, -0.2) is 18.5 Å². The first-order valence-corrected chi connectivity index (χ1v) is 37.0. The minimum absolute atomic E-state index is 0.0867. The third-order valence-electron chi connectivity index (χ3n) is 15.4. The molecule has 0 aromatic heterocycles. The summed E-state index contributed by atoms with van der Waals surface area (Å²) in [4.78, 5) is 69.1. The van der Waals surface area contributed by atoms with Crippen molar-refractivity contribution >= 4 is 65.1 Å². The Balaban J connectivity index is 1.11. The maximum atomic E-state index is 15.0. The third kappa shape index (κ3) is 22.5. The number of methoxy groups -OCH3 is 2. The van der Waals surface area contributed by atoms with E-state index in [0.29, 0.717) is 49.5 Å². The SMILES string of the molecule is COc1ccc(C(c2ccccc2)(c2ccc(OC)cc2)N2C(=O)N[C@@H]3[C@H](CCCCC(=O)NCCCCCCOP(=O)(OCCC#N)O[C@@H]4[C@H](OC(C)=O)[C@H](OC(C)=O)[C@@H](OP(=O)(OCCC#N)OCCC#N)[C@H](OP(=O)(OCCC#N)OCCC#N)[C@H]4OC(C)=O)SC[C@@H]32)cc1. The van der Waals surface area contributed by atoms with Gasteiger partial charge in [0.1, 0.15) is 35.3 Å². The highest BCUT2D eigenvalue weighted by atomic mass is 32.2. The highest BCUT2D eigenvalue weighted by molar-refractivity contribution is 8.00. The maximum absolute atomic E-state index is 15.0. The molecule has 34 heteroatoms. The van der Waals surface area contributed by atoms with Crippen LogP contribution in [-0.2, 0) is 93.3 Å². The molecule has 2 aliphatic heterocycles. The highest BCUT2D eigenvalue weighted by Gasteiger charge is 2.63. The lowest BCUT2D eigenvalue weighted by molar-refractivity contribution is -0.240. The summed E-state index contributed by atoms with van der Waals surface area (Å²) in [6, 6.07) is 33.9. The number of unbranched alkanes of at least 4 members (excludes halogenated alkanes) is 4. The Morgan fingerprint density at radius 2 is 0.918 bits per heavy atom. The van der Waals surface area contributed by atoms with Crippen LogP contribution in [0.1, 0.15) is 121 Å². The number of carbonyl (C=O) groups excluding carboxylic acids is 5. The molecule has 2 N–H and O–H groups in total. The van der Waals surface area contributed by atoms with Crippen molar-refractivity contribution in [2.75, 3.05) is 66.2 Å². The van der Waals surface area contributed by atoms with E-state index in [2.05, 4.69) is 10.6 Å². The summed E-state index contributed by atoms with van der Waals surface area (Å²) in [5.41, 5.74) is 1.65. The van der Waals surface area contributed by atoms with Crippen LogP contribution in [0.5, 0.6) is 11.5 Å². The van der Waals surface area contributed by atoms with Crippen molar-refractivity contribution in [2.24, 2.45) is 0 Å². The Bertz CT molecular complexity index is 3400. The number of phosphoric acid groups is 3. The van der Waals surface area contributed by atoms with Crippen molar-refractivity contribution in [1.82, 2.24) is 15.5 Å². The number of ether oxygens (including phenoxy) is 5. The number of esters is 3. The molecule has 0 bridgehead atoms. The number of benzene rings is 3. The van der Waals surface area contributed by atoms with E-state index in [4.69, 9.17) is 64.4 Å². The molecule has 98 heavy (non-hydrogen) atoms. The molecule has 1 unspecified atom stereocenters. The van der Waals surface area contributed by atoms with Gasteiger partial charge in [0.05, 0.1) is 128 Å². The smallest absolute Gasteiger partial charge is 0.475 e. The lowest BCUT2D eigenvalue weighted by atomic mass is 9.74. The van der Waals surface area contributed by atoms with E-state index in [1.54, 1.807) is 38.5 Å². The molecule has 3 aromatic rings. The summed E-state index contributed by atoms with van der Waals surface area (Å²) in [5.74, 6) is -1.64. The topological polar surface area (TPSA) is 412 Å². The van der Waals surface area contributed by atoms with Crippen LogP contribution < -0.4 is 20.1 Å². The molecule has 530 valence electrons. The van der Waals surface area contributed by atoms with Crippen molar-refractivity contribution in [3.8, 4) is 41.8 Å². The van der Waals surface area contributed by atoms with E-state index in [-0.39, 0.29) is 48.7 Å². The average molecular weight is 1440 g/mol. The van der Waals surface area contributed by atoms with Crippen molar-refractivity contribution in [3.05, 3.63) is 95.6 Å². The van der Waals surface area contributed by atoms with E-state index < -0.39 is 149 Å². The molecule has 30 nitrogen and oxygen atoms in total. The summed E-state index contributed by atoms with van der Waals surface area (Å²) in [7, 11) is -12.3. The van der Waals surface area contributed by atoms with Crippen LogP contribution >= 0.6 is 35.2 Å². The predicted octanol–water partition coefficient (Wildman–Crippen LogP) is 10.1. The zero-order valence-corrected chi connectivity index (χ0v) is 58.5. The summed E-state index contributed by atoms with van der Waals surface area (Å²) < 4.78 is 123. The monoisotopic (exact) mass is 1440 g/mol. The zero-order chi connectivity index (χ0) is 71.1. The van der Waals surface area contributed by atoms with E-state index >= 15 is 0 Å². The maximum Gasteiger partial charge on any atom is 0.475 e. The molecule has 1 aliphatic carbocycles. The quantitative estimate of drug-likeness (QED) is 0.0133. The van der Waals surface area contributed by atoms with Gasteiger partial charge >= 0.3 is 47.4 Å². The van der Waals surface area contributed by atoms with Crippen LogP contribution in [0.15, 0.2) is 78.9 Å². The second kappa shape index (κ2) is 40.0. The van der Waals surface area contributed by atoms with E-state index in [1.807, 2.05) is 102 Å². The molecule has 3 aliphatic rings. The zero-order valence-electron chi connectivity index (χ0n) is 55.0. The number of carbonyl (C=O) groups is 5. The Hall–Kier alpha value is -7.46. The van der Waals surface area contributed by atoms with Gasteiger partial charge in [0.25, 0.3) is 0 Å². The normalized spacial score (nSPS) is 21.1. The van der Waals surface area contributed by atoms with Crippen LogP contribution in [0.25, 0.3) is 0 Å². The number of phosphoric ester groups is 3. The standard InChI is InChI=1S/C64H81N8O22P3S/c1-45(73)89-57-58(90-46(2)74)61(93-96(79,85-40-16-33-66)86-41-17-34-67)62(94-97(80,87-42-18-35-68)88-43-19-36-69)59(91-47(3)75)60(57)92-95(78,84-39-15-32-65)83-38-14-7-6-13-37-70-55(76)23-12-11-22-54-56-53(44-98-54)72(63(77)71-56)64(48-20-9-8-10-21-48,49-24-28-51(81-4)29-25-49)50-26-30-52(82-5)31-27-50/h8-10,20-21,24-31,53-54,56-62H,6-7,11-19,22-23,37-44H2,1-5H3,(H,70,76)(H,71,77)/t53-,54-,56-,57+,58-,59-,60+,61+,62+,95?/m0/s1. The first-order chi connectivity index (χ1) is 47.2. The van der Waals surface area contributed by atoms with E-state index in [0.717, 1.165) is 50.3 Å². The second-order valence-electron chi connectivity index (χ2n) is 22.1. The van der Waals surface area contributed by atoms with Gasteiger partial charge in [-0.2, -0.15) is 38.1 Å². The van der Waals surface area contributed by atoms with Crippen LogP contribution in [0.2, 0.25) is 0 Å². The molecule has 2 heterocycles. The molecule has 3 aromatic carbocycles. The fourth-order valence-corrected chi connectivity index (χ4v) is 17.0. The summed E-state index contributed by atoms with van der Waals surface area (Å²) >= 11 is 1.81. The fourth-order valence-electron chi connectivity index (χ4n) is 11.3. The van der Waals surface area contributed by atoms with Gasteiger partial charge in [-0.3, -0.25) is 59.9 Å². The lowest BCUT2D eigenvalue weighted by Gasteiger charge is -2.48. The van der Waals surface area contributed by atoms with Crippen molar-refractivity contribution in [2.45, 2.75) is 164 Å². The van der Waals surface area contributed by atoms with Crippen LogP contribution in [0.4, 0.5) is 4.79 Å². The van der Waals surface area contributed by atoms with E-state index in [9.17, 15) is 64.0 Å². The minimum Gasteiger partial charge on any atom is -0.497 e. The van der Waals surface area contributed by atoms with Crippen LogP contribution in [0.3, 0.4) is 0 Å². The number of fused-ring (bicyclic) bond motifs is 1. The average Bonchev–Trinajstić information content (AvgIpc) is 1.42. The number of rotatable bonds is 43. The predicted molar refractivity (Wildman–Crippen MR) is 347 cm³/mol. The molecule has 2 saturated heterocycles. The molecule has 3 amide bonds. The fraction of sp³-hybridized carbons (Fsp3) is 0.562. The largest absolute Gasteiger partial charge is 0.497 e. The minimum atomic E-state index is -5.22. The van der Waals surface area contributed by atoms with Gasteiger partial charge in [0.2, 0.25) is 5.91 Å². The van der Waals surface area contributed by atoms with Crippen molar-refractivity contribution in [3.63, 3.8) is 0 Å². The number of nitrogens with zero attached hydrogens (tertiary/aromatic N) is 6. The summed E-state index contributed by atoms with van der Waals surface area (Å²) in [5, 5.41) is 53.1. The summed E-state index contributed by atoms with van der Waals surface area (Å²) in [6.45, 7) is -0.670. The molecule has 0 radical (unpaired) electrons. The number of urea groups is 1. The Kier molecular flexibility index (Phi) is 32.4. The molecule has 1 saturated carbocycles. The van der Waals surface area contributed by atoms with Gasteiger partial charge in [-0.1, -0.05) is 73.9 Å².